The number of hydrogen-bond acceptors (Lipinski definition) is 4. The summed E-state index contributed by atoms with van der Waals surface area (Å²) >= 11 is 0. The summed E-state index contributed by atoms with van der Waals surface area (Å²) in [5.74, 6) is 1.71. The molecular formula is C20H23N3O4. The molecule has 4 atom stereocenters. The van der Waals surface area contributed by atoms with E-state index in [-0.39, 0.29) is 12.3 Å². The number of methoxy groups -OCH3 is 1. The first-order chi connectivity index (χ1) is 13.0. The maximum Gasteiger partial charge on any atom is 0.329 e. The molecule has 1 aliphatic heterocycles. The van der Waals surface area contributed by atoms with Crippen LogP contribution in [0.3, 0.4) is 0 Å². The van der Waals surface area contributed by atoms with Gasteiger partial charge in [0.2, 0.25) is 5.91 Å². The first kappa shape index (κ1) is 17.6. The smallest absolute Gasteiger partial charge is 0.329 e. The van der Waals surface area contributed by atoms with Crippen molar-refractivity contribution in [1.82, 2.24) is 10.6 Å². The zero-order valence-electron chi connectivity index (χ0n) is 15.2. The Morgan fingerprint density at radius 1 is 1.22 bits per heavy atom. The average Bonchev–Trinajstić information content (AvgIpc) is 3.36. The second kappa shape index (κ2) is 7.06. The molecule has 1 heterocycles. The van der Waals surface area contributed by atoms with Gasteiger partial charge in [-0.1, -0.05) is 12.2 Å². The van der Waals surface area contributed by atoms with Gasteiger partial charge in [-0.3, -0.25) is 9.59 Å². The molecule has 7 nitrogen and oxygen atoms in total. The van der Waals surface area contributed by atoms with E-state index in [2.05, 4.69) is 22.8 Å². The molecule has 1 saturated carbocycles. The van der Waals surface area contributed by atoms with Gasteiger partial charge in [-0.25, -0.2) is 9.69 Å². The third kappa shape index (κ3) is 3.41. The summed E-state index contributed by atoms with van der Waals surface area (Å²) in [4.78, 5) is 38.1. The summed E-state index contributed by atoms with van der Waals surface area (Å²) in [6.45, 7) is 0.626. The number of nitrogens with zero attached hydrogens (tertiary/aromatic N) is 1. The third-order valence-corrected chi connectivity index (χ3v) is 5.72. The van der Waals surface area contributed by atoms with Crippen LogP contribution in [0.15, 0.2) is 36.4 Å². The molecule has 1 saturated heterocycles. The standard InChI is InChI=1S/C20H23N3O4/c1-27-16-6-4-15(5-7-16)23-19(25)17(22-20(23)26)10-18(24)21-11-14-9-12-2-3-13(14)8-12/h2-7,12-14,17H,8-11H2,1H3,(H,21,24)(H,22,26)/t12-,13-,14+,17+/m0/s1. The monoisotopic (exact) mass is 369 g/mol. The van der Waals surface area contributed by atoms with Crippen LogP contribution in [0.2, 0.25) is 0 Å². The van der Waals surface area contributed by atoms with E-state index in [4.69, 9.17) is 4.74 Å². The minimum atomic E-state index is -0.834. The highest BCUT2D eigenvalue weighted by molar-refractivity contribution is 6.22. The number of ether oxygens (including phenoxy) is 1. The van der Waals surface area contributed by atoms with Crippen molar-refractivity contribution in [1.29, 1.82) is 0 Å². The number of rotatable bonds is 6. The van der Waals surface area contributed by atoms with Crippen molar-refractivity contribution in [2.24, 2.45) is 17.8 Å². The Labute approximate surface area is 157 Å². The van der Waals surface area contributed by atoms with E-state index in [9.17, 15) is 14.4 Å². The number of benzene rings is 1. The van der Waals surface area contributed by atoms with Crippen molar-refractivity contribution < 1.29 is 19.1 Å². The number of amides is 4. The molecule has 142 valence electrons. The number of nitrogens with one attached hydrogen (secondary N) is 2. The topological polar surface area (TPSA) is 87.7 Å². The van der Waals surface area contributed by atoms with Gasteiger partial charge in [-0.2, -0.15) is 0 Å². The van der Waals surface area contributed by atoms with E-state index >= 15 is 0 Å². The summed E-state index contributed by atoms with van der Waals surface area (Å²) in [5, 5.41) is 5.53. The Balaban J connectivity index is 1.32. The number of urea groups is 1. The molecule has 0 radical (unpaired) electrons. The highest BCUT2D eigenvalue weighted by Gasteiger charge is 2.40. The van der Waals surface area contributed by atoms with Crippen LogP contribution in [-0.4, -0.2) is 37.5 Å². The van der Waals surface area contributed by atoms with Crippen LogP contribution in [-0.2, 0) is 9.59 Å². The Bertz CT molecular complexity index is 789. The molecular weight excluding hydrogens is 346 g/mol. The SMILES string of the molecule is COc1ccc(N2C(=O)N[C@H](CC(=O)NC[C@H]3C[C@H]4C=C[C@H]3C4)C2=O)cc1. The molecule has 7 heteroatoms. The quantitative estimate of drug-likeness (QED) is 0.592. The maximum atomic E-state index is 12.6. The molecule has 1 aromatic carbocycles. The van der Waals surface area contributed by atoms with Crippen LogP contribution in [0.5, 0.6) is 5.75 Å². The van der Waals surface area contributed by atoms with Crippen LogP contribution in [0.1, 0.15) is 19.3 Å². The molecule has 0 spiro atoms. The number of allylic oxidation sites excluding steroid dienone is 2. The lowest BCUT2D eigenvalue weighted by Crippen LogP contribution is -2.38. The molecule has 2 N–H and O–H groups in total. The lowest BCUT2D eigenvalue weighted by atomic mass is 9.93. The van der Waals surface area contributed by atoms with Crippen molar-refractivity contribution in [2.75, 3.05) is 18.6 Å². The molecule has 4 amide bonds. The summed E-state index contributed by atoms with van der Waals surface area (Å²) in [6, 6.07) is 5.29. The van der Waals surface area contributed by atoms with E-state index in [1.165, 1.54) is 6.42 Å². The number of anilines is 1. The van der Waals surface area contributed by atoms with Crippen LogP contribution in [0.25, 0.3) is 0 Å². The normalized spacial score (nSPS) is 28.6. The fourth-order valence-electron chi connectivity index (χ4n) is 4.28. The van der Waals surface area contributed by atoms with Crippen molar-refractivity contribution in [3.05, 3.63) is 36.4 Å². The second-order valence-electron chi connectivity index (χ2n) is 7.42. The summed E-state index contributed by atoms with van der Waals surface area (Å²) < 4.78 is 5.09. The van der Waals surface area contributed by atoms with Crippen LogP contribution in [0, 0.1) is 17.8 Å². The van der Waals surface area contributed by atoms with Crippen LogP contribution in [0.4, 0.5) is 10.5 Å². The van der Waals surface area contributed by atoms with Crippen molar-refractivity contribution in [3.8, 4) is 5.75 Å². The van der Waals surface area contributed by atoms with Gasteiger partial charge in [-0.15, -0.1) is 0 Å². The second-order valence-corrected chi connectivity index (χ2v) is 7.42. The zero-order valence-corrected chi connectivity index (χ0v) is 15.2. The van der Waals surface area contributed by atoms with Crippen LogP contribution < -0.4 is 20.3 Å². The van der Waals surface area contributed by atoms with Gasteiger partial charge in [0.15, 0.2) is 0 Å². The molecule has 4 rings (SSSR count). The van der Waals surface area contributed by atoms with Gasteiger partial charge in [0.05, 0.1) is 19.2 Å². The summed E-state index contributed by atoms with van der Waals surface area (Å²) in [6.07, 6.45) is 6.77. The minimum Gasteiger partial charge on any atom is -0.497 e. The molecule has 3 aliphatic rings. The van der Waals surface area contributed by atoms with Gasteiger partial charge in [0, 0.05) is 6.54 Å². The first-order valence-corrected chi connectivity index (χ1v) is 9.28. The lowest BCUT2D eigenvalue weighted by Gasteiger charge is -2.19. The number of carbonyl (C=O) groups excluding carboxylic acids is 3. The molecule has 2 aliphatic carbocycles. The number of fused-ring (bicyclic) bond motifs is 2. The van der Waals surface area contributed by atoms with E-state index in [0.717, 1.165) is 11.3 Å². The van der Waals surface area contributed by atoms with Crippen molar-refractivity contribution in [2.45, 2.75) is 25.3 Å². The molecule has 0 unspecified atom stereocenters. The highest BCUT2D eigenvalue weighted by Crippen LogP contribution is 2.42. The number of carbonyl (C=O) groups is 3. The number of hydrogen-bond donors (Lipinski definition) is 2. The Hall–Kier alpha value is -2.83. The van der Waals surface area contributed by atoms with Gasteiger partial charge in [-0.05, 0) is 54.9 Å². The fraction of sp³-hybridized carbons (Fsp3) is 0.450. The molecule has 2 bridgehead atoms. The average molecular weight is 369 g/mol. The zero-order chi connectivity index (χ0) is 19.0. The first-order valence-electron chi connectivity index (χ1n) is 9.28. The maximum absolute atomic E-state index is 12.6. The summed E-state index contributed by atoms with van der Waals surface area (Å²) in [5.41, 5.74) is 0.454. The van der Waals surface area contributed by atoms with Gasteiger partial charge < -0.3 is 15.4 Å². The van der Waals surface area contributed by atoms with Gasteiger partial charge in [0.1, 0.15) is 11.8 Å². The van der Waals surface area contributed by atoms with Crippen LogP contribution >= 0.6 is 0 Å². The Kier molecular flexibility index (Phi) is 4.59. The highest BCUT2D eigenvalue weighted by atomic mass is 16.5. The molecule has 0 aromatic heterocycles. The van der Waals surface area contributed by atoms with Crippen molar-refractivity contribution >= 4 is 23.5 Å². The number of imide groups is 1. The molecule has 1 aromatic rings. The fourth-order valence-corrected chi connectivity index (χ4v) is 4.28. The van der Waals surface area contributed by atoms with E-state index < -0.39 is 18.0 Å². The van der Waals surface area contributed by atoms with Gasteiger partial charge >= 0.3 is 6.03 Å². The Morgan fingerprint density at radius 2 is 2.00 bits per heavy atom. The predicted molar refractivity (Wildman–Crippen MR) is 99.3 cm³/mol. The van der Waals surface area contributed by atoms with E-state index in [1.54, 1.807) is 31.4 Å². The lowest BCUT2D eigenvalue weighted by molar-refractivity contribution is -0.125. The van der Waals surface area contributed by atoms with Gasteiger partial charge in [0.25, 0.3) is 5.91 Å². The largest absolute Gasteiger partial charge is 0.497 e. The van der Waals surface area contributed by atoms with Crippen molar-refractivity contribution in [3.63, 3.8) is 0 Å². The predicted octanol–water partition coefficient (Wildman–Crippen LogP) is 1.84. The van der Waals surface area contributed by atoms with E-state index in [1.807, 2.05) is 0 Å². The minimum absolute atomic E-state index is 0.0477. The Morgan fingerprint density at radius 3 is 2.63 bits per heavy atom. The summed E-state index contributed by atoms with van der Waals surface area (Å²) in [7, 11) is 1.55. The molecule has 2 fully saturated rings. The molecule has 27 heavy (non-hydrogen) atoms. The van der Waals surface area contributed by atoms with E-state index in [0.29, 0.717) is 35.7 Å². The third-order valence-electron chi connectivity index (χ3n) is 5.72.